The molecule has 1 aromatic heterocycles. The van der Waals surface area contributed by atoms with Gasteiger partial charge in [0.25, 0.3) is 5.91 Å². The van der Waals surface area contributed by atoms with Crippen molar-refractivity contribution in [3.05, 3.63) is 52.3 Å². The predicted octanol–water partition coefficient (Wildman–Crippen LogP) is 4.63. The monoisotopic (exact) mass is 615 g/mol. The highest BCUT2D eigenvalue weighted by atomic mass is 32.1. The van der Waals surface area contributed by atoms with Crippen molar-refractivity contribution in [1.82, 2.24) is 9.88 Å². The number of alkyl halides is 3. The number of hydrogen-bond acceptors (Lipinski definition) is 8. The molecule has 2 aromatic rings. The van der Waals surface area contributed by atoms with Crippen molar-refractivity contribution in [3.8, 4) is 6.07 Å². The Bertz CT molecular complexity index is 1560. The topological polar surface area (TPSA) is 105 Å². The molecule has 1 unspecified atom stereocenters. The van der Waals surface area contributed by atoms with Gasteiger partial charge in [-0.05, 0) is 45.0 Å². The van der Waals surface area contributed by atoms with Crippen LogP contribution in [-0.2, 0) is 9.59 Å². The summed E-state index contributed by atoms with van der Waals surface area (Å²) in [6, 6.07) is 5.03. The minimum absolute atomic E-state index is 0.0886. The Morgan fingerprint density at radius 2 is 1.91 bits per heavy atom. The maximum atomic E-state index is 15.8. The Morgan fingerprint density at radius 1 is 1.19 bits per heavy atom. The molecule has 1 N–H and O–H groups in total. The van der Waals surface area contributed by atoms with Crippen LogP contribution >= 0.6 is 11.3 Å². The molecular formula is C29H29F4N7O2S. The average Bonchev–Trinajstić information content (AvgIpc) is 3.45. The van der Waals surface area contributed by atoms with Crippen molar-refractivity contribution in [2.75, 3.05) is 48.3 Å². The molecule has 1 saturated heterocycles. The maximum Gasteiger partial charge on any atom is 0.414 e. The molecule has 1 aromatic carbocycles. The molecule has 226 valence electrons. The molecule has 0 spiro atoms. The van der Waals surface area contributed by atoms with Crippen molar-refractivity contribution >= 4 is 51.4 Å². The number of piperazine rings is 1. The predicted molar refractivity (Wildman–Crippen MR) is 157 cm³/mol. The van der Waals surface area contributed by atoms with Crippen molar-refractivity contribution in [2.45, 2.75) is 38.5 Å². The largest absolute Gasteiger partial charge is 0.414 e. The molecule has 43 heavy (non-hydrogen) atoms. The Morgan fingerprint density at radius 3 is 2.51 bits per heavy atom. The number of dihydropyridines is 1. The van der Waals surface area contributed by atoms with Gasteiger partial charge in [-0.3, -0.25) is 14.5 Å². The van der Waals surface area contributed by atoms with Crippen molar-refractivity contribution in [1.29, 1.82) is 5.26 Å². The number of halogens is 4. The number of aliphatic imine (C=N–C) groups is 1. The van der Waals surface area contributed by atoms with E-state index in [1.165, 1.54) is 29.7 Å². The molecule has 1 fully saturated rings. The highest BCUT2D eigenvalue weighted by molar-refractivity contribution is 7.16. The molecule has 0 aliphatic carbocycles. The van der Waals surface area contributed by atoms with E-state index in [4.69, 9.17) is 5.26 Å². The number of nitriles is 1. The van der Waals surface area contributed by atoms with Gasteiger partial charge in [0.2, 0.25) is 5.91 Å². The summed E-state index contributed by atoms with van der Waals surface area (Å²) >= 11 is 1.26. The number of thiazole rings is 1. The zero-order chi connectivity index (χ0) is 31.1. The van der Waals surface area contributed by atoms with E-state index in [2.05, 4.69) is 26.3 Å². The Labute approximate surface area is 249 Å². The summed E-state index contributed by atoms with van der Waals surface area (Å²) in [6.07, 6.45) is -0.131. The van der Waals surface area contributed by atoms with Gasteiger partial charge < -0.3 is 15.1 Å². The smallest absolute Gasteiger partial charge is 0.367 e. The van der Waals surface area contributed by atoms with E-state index in [0.29, 0.717) is 66.2 Å². The number of carbonyl (C=O) groups excluding carboxylic acids is 2. The van der Waals surface area contributed by atoms with E-state index in [9.17, 15) is 22.8 Å². The molecule has 0 radical (unpaired) electrons. The molecule has 5 rings (SSSR count). The number of anilines is 3. The van der Waals surface area contributed by atoms with E-state index in [1.807, 2.05) is 36.8 Å². The number of benzene rings is 1. The summed E-state index contributed by atoms with van der Waals surface area (Å²) < 4.78 is 57.0. The molecule has 2 amide bonds. The zero-order valence-corrected chi connectivity index (χ0v) is 24.5. The lowest BCUT2D eigenvalue weighted by Gasteiger charge is -2.44. The molecule has 3 aliphatic heterocycles. The third-order valence-electron chi connectivity index (χ3n) is 8.05. The summed E-state index contributed by atoms with van der Waals surface area (Å²) in [4.78, 5) is 39.1. The van der Waals surface area contributed by atoms with Gasteiger partial charge in [0.1, 0.15) is 22.7 Å². The van der Waals surface area contributed by atoms with Gasteiger partial charge in [-0.15, -0.1) is 0 Å². The standard InChI is InChI=1S/C29H29F4N7O2S/c1-16-14-40(15-17(2)38(16)3)25-10-23(30)20(18-4-6-39(7-5-18)28-36-12-19(11-34)43-28)8-24(25)37-27(42)21-13-35-26(41)9-22(21)29(31,32)33/h4,8-10,12-13,16-17,21H,5-7,14-15H2,1-3H3,(H,37,42)/t16-,17+,21?. The summed E-state index contributed by atoms with van der Waals surface area (Å²) in [6.45, 7) is 5.96. The third-order valence-corrected chi connectivity index (χ3v) is 9.01. The number of aromatic nitrogens is 1. The van der Waals surface area contributed by atoms with Crippen molar-refractivity contribution in [2.24, 2.45) is 10.9 Å². The lowest BCUT2D eigenvalue weighted by Crippen LogP contribution is -2.55. The second-order valence-electron chi connectivity index (χ2n) is 10.8. The summed E-state index contributed by atoms with van der Waals surface area (Å²) in [5.74, 6) is -4.49. The number of nitrogens with zero attached hydrogens (tertiary/aromatic N) is 6. The summed E-state index contributed by atoms with van der Waals surface area (Å²) in [5.41, 5.74) is 0.109. The van der Waals surface area contributed by atoms with Crippen LogP contribution in [0.2, 0.25) is 0 Å². The number of amides is 2. The zero-order valence-electron chi connectivity index (χ0n) is 23.7. The highest BCUT2D eigenvalue weighted by Gasteiger charge is 2.43. The first-order valence-electron chi connectivity index (χ1n) is 13.6. The first-order valence-corrected chi connectivity index (χ1v) is 14.5. The quantitative estimate of drug-likeness (QED) is 0.489. The Kier molecular flexibility index (Phi) is 8.40. The van der Waals surface area contributed by atoms with Crippen LogP contribution < -0.4 is 15.1 Å². The van der Waals surface area contributed by atoms with Crippen LogP contribution in [0.5, 0.6) is 0 Å². The van der Waals surface area contributed by atoms with Gasteiger partial charge >= 0.3 is 6.18 Å². The average molecular weight is 616 g/mol. The van der Waals surface area contributed by atoms with Crippen LogP contribution in [-0.4, -0.2) is 79.4 Å². The summed E-state index contributed by atoms with van der Waals surface area (Å²) in [5, 5.41) is 12.4. The number of nitrogens with one attached hydrogen (secondary N) is 1. The normalized spacial score (nSPS) is 23.1. The SMILES string of the molecule is C[C@@H]1CN(c2cc(F)c(C3=CCN(c4ncc(C#N)s4)CC3)cc2NC(=O)C2C=NC(=O)C=C2C(F)(F)F)C[C@H](C)N1C. The molecule has 3 aliphatic rings. The van der Waals surface area contributed by atoms with Gasteiger partial charge in [-0.25, -0.2) is 14.4 Å². The van der Waals surface area contributed by atoms with Gasteiger partial charge in [0.15, 0.2) is 5.13 Å². The lowest BCUT2D eigenvalue weighted by molar-refractivity contribution is -0.124. The van der Waals surface area contributed by atoms with Crippen LogP contribution in [0.15, 0.2) is 41.0 Å². The van der Waals surface area contributed by atoms with Crippen LogP contribution in [0.25, 0.3) is 5.57 Å². The van der Waals surface area contributed by atoms with Crippen LogP contribution in [0.4, 0.5) is 34.1 Å². The molecule has 4 heterocycles. The van der Waals surface area contributed by atoms with E-state index in [-0.39, 0.29) is 23.3 Å². The van der Waals surface area contributed by atoms with Gasteiger partial charge in [0.05, 0.1) is 23.1 Å². The van der Waals surface area contributed by atoms with E-state index >= 15 is 4.39 Å². The van der Waals surface area contributed by atoms with Crippen LogP contribution in [0.3, 0.4) is 0 Å². The second kappa shape index (κ2) is 11.9. The minimum Gasteiger partial charge on any atom is -0.367 e. The molecule has 0 bridgehead atoms. The second-order valence-corrected chi connectivity index (χ2v) is 11.9. The number of likely N-dealkylation sites (N-methyl/N-ethyl adjacent to an activating group) is 1. The first-order chi connectivity index (χ1) is 20.3. The fourth-order valence-corrected chi connectivity index (χ4v) is 6.24. The highest BCUT2D eigenvalue weighted by Crippen LogP contribution is 2.38. The van der Waals surface area contributed by atoms with E-state index < -0.39 is 35.3 Å². The van der Waals surface area contributed by atoms with E-state index in [0.717, 1.165) is 0 Å². The van der Waals surface area contributed by atoms with Crippen molar-refractivity contribution in [3.63, 3.8) is 0 Å². The Hall–Kier alpha value is -4.09. The van der Waals surface area contributed by atoms with E-state index in [1.54, 1.807) is 0 Å². The minimum atomic E-state index is -4.92. The Balaban J connectivity index is 1.49. The van der Waals surface area contributed by atoms with Crippen LogP contribution in [0, 0.1) is 23.1 Å². The van der Waals surface area contributed by atoms with Crippen molar-refractivity contribution < 1.29 is 27.2 Å². The molecule has 9 nitrogen and oxygen atoms in total. The maximum absolute atomic E-state index is 15.8. The van der Waals surface area contributed by atoms with Gasteiger partial charge in [-0.1, -0.05) is 17.4 Å². The molecule has 0 saturated carbocycles. The van der Waals surface area contributed by atoms with Crippen LogP contribution in [0.1, 0.15) is 30.7 Å². The molecular weight excluding hydrogens is 586 g/mol. The fourth-order valence-electron chi connectivity index (χ4n) is 5.49. The summed E-state index contributed by atoms with van der Waals surface area (Å²) in [7, 11) is 1.99. The van der Waals surface area contributed by atoms with Gasteiger partial charge in [0, 0.05) is 56.1 Å². The number of carbonyl (C=O) groups is 2. The first kappa shape index (κ1) is 30.4. The fraction of sp³-hybridized carbons (Fsp3) is 0.414. The van der Waals surface area contributed by atoms with Gasteiger partial charge in [-0.2, -0.15) is 18.4 Å². The third kappa shape index (κ3) is 6.33. The lowest BCUT2D eigenvalue weighted by atomic mass is 9.95. The number of hydrogen-bond donors (Lipinski definition) is 1. The molecule has 14 heteroatoms. The number of rotatable bonds is 5. The molecule has 3 atom stereocenters.